The van der Waals surface area contributed by atoms with Gasteiger partial charge in [0.25, 0.3) is 0 Å². The third-order valence-corrected chi connectivity index (χ3v) is 16.9. The van der Waals surface area contributed by atoms with Gasteiger partial charge in [-0.2, -0.15) is 0 Å². The molecule has 8 bridgehead atoms. The van der Waals surface area contributed by atoms with Crippen molar-refractivity contribution in [2.45, 2.75) is 158 Å². The lowest BCUT2D eigenvalue weighted by molar-refractivity contribution is -0.137. The molecule has 9 aliphatic rings. The zero-order valence-electron chi connectivity index (χ0n) is 35.9. The molecule has 328 valence electrons. The molecule has 0 aromatic heterocycles. The van der Waals surface area contributed by atoms with Gasteiger partial charge in [0.2, 0.25) is 0 Å². The second-order valence-electron chi connectivity index (χ2n) is 19.9. The maximum absolute atomic E-state index is 11.5. The minimum Gasteiger partial charge on any atom is -0.497 e. The molecular weight excluding hydrogens is 753 g/mol. The Hall–Kier alpha value is -2.81. The summed E-state index contributed by atoms with van der Waals surface area (Å²) >= 11 is 0. The van der Waals surface area contributed by atoms with Gasteiger partial charge in [-0.25, -0.2) is 0 Å². The third kappa shape index (κ3) is 8.13. The van der Waals surface area contributed by atoms with Crippen molar-refractivity contribution in [1.29, 1.82) is 0 Å². The standard InChI is InChI=1S/C32H56N8.C16H16O4/c1-2-10-18-17(9-1)25-33-26(18)38-28-21-13-5-6-14-22(21)30(35-28)40-32-24-16-8-7-15-23(24)31(36-32)39-29-20-12-4-3-11-19(20)27(34-29)37-25;1-19-13-7-3-11(4-8-13)15(16(17)18)12-5-9-14(20-2)10-6-12/h17-40H,1-16H2;3-10,15H,1-2H3,(H,17,18). The number of carbonyl (C=O) groups is 1. The van der Waals surface area contributed by atoms with Crippen LogP contribution < -0.4 is 52.0 Å². The molecule has 2 aromatic carbocycles. The van der Waals surface area contributed by atoms with E-state index in [9.17, 15) is 9.90 Å². The van der Waals surface area contributed by atoms with Crippen LogP contribution in [0.2, 0.25) is 0 Å². The van der Waals surface area contributed by atoms with Crippen molar-refractivity contribution in [3.05, 3.63) is 59.7 Å². The smallest absolute Gasteiger partial charge is 0.315 e. The van der Waals surface area contributed by atoms with Crippen LogP contribution in [0.25, 0.3) is 0 Å². The molecule has 0 amide bonds. The molecule has 12 heteroatoms. The number of carboxylic acids is 1. The highest BCUT2D eigenvalue weighted by Crippen LogP contribution is 2.45. The van der Waals surface area contributed by atoms with Crippen molar-refractivity contribution in [2.24, 2.45) is 47.3 Å². The molecule has 4 aliphatic carbocycles. The summed E-state index contributed by atoms with van der Waals surface area (Å²) in [6.45, 7) is 0. The van der Waals surface area contributed by atoms with E-state index in [-0.39, 0.29) is 0 Å². The maximum Gasteiger partial charge on any atom is 0.315 e. The molecule has 5 heterocycles. The van der Waals surface area contributed by atoms with Gasteiger partial charge < -0.3 is 14.6 Å². The number of benzene rings is 2. The summed E-state index contributed by atoms with van der Waals surface area (Å²) in [4.78, 5) is 11.5. The summed E-state index contributed by atoms with van der Waals surface area (Å²) in [7, 11) is 3.15. The average Bonchev–Trinajstić information content (AvgIpc) is 4.03. The molecule has 0 radical (unpaired) electrons. The monoisotopic (exact) mass is 825 g/mol. The number of nitrogens with one attached hydrogen (secondary N) is 8. The Balaban J connectivity index is 0.000000183. The summed E-state index contributed by atoms with van der Waals surface area (Å²) in [5.41, 5.74) is 1.42. The quantitative estimate of drug-likeness (QED) is 0.187. The van der Waals surface area contributed by atoms with Crippen molar-refractivity contribution in [3.8, 4) is 11.5 Å². The van der Waals surface area contributed by atoms with Crippen molar-refractivity contribution in [1.82, 2.24) is 42.5 Å². The highest BCUT2D eigenvalue weighted by atomic mass is 16.5. The van der Waals surface area contributed by atoms with Crippen molar-refractivity contribution in [2.75, 3.05) is 14.2 Å². The van der Waals surface area contributed by atoms with Gasteiger partial charge >= 0.3 is 5.97 Å². The van der Waals surface area contributed by atoms with Crippen molar-refractivity contribution < 1.29 is 19.4 Å². The number of hydrogen-bond donors (Lipinski definition) is 9. The topological polar surface area (TPSA) is 152 Å². The van der Waals surface area contributed by atoms with Gasteiger partial charge in [0.05, 0.1) is 63.5 Å². The molecule has 0 spiro atoms. The lowest BCUT2D eigenvalue weighted by Crippen LogP contribution is -2.61. The number of carboxylic acid groups (broad SMARTS) is 1. The predicted octanol–water partition coefficient (Wildman–Crippen LogP) is 5.53. The van der Waals surface area contributed by atoms with Crippen LogP contribution in [0, 0.1) is 47.3 Å². The van der Waals surface area contributed by atoms with Crippen LogP contribution in [0.5, 0.6) is 11.5 Å². The van der Waals surface area contributed by atoms with Gasteiger partial charge in [0, 0.05) is 0 Å². The molecule has 8 unspecified atom stereocenters. The fourth-order valence-electron chi connectivity index (χ4n) is 14.0. The Labute approximate surface area is 357 Å². The number of methoxy groups -OCH3 is 2. The van der Waals surface area contributed by atoms with E-state index in [1.54, 1.807) is 62.8 Å². The Morgan fingerprint density at radius 1 is 0.417 bits per heavy atom. The predicted molar refractivity (Wildman–Crippen MR) is 233 cm³/mol. The molecule has 9 N–H and O–H groups in total. The van der Waals surface area contributed by atoms with Crippen LogP contribution in [-0.4, -0.2) is 74.6 Å². The van der Waals surface area contributed by atoms with Gasteiger partial charge in [-0.3, -0.25) is 47.3 Å². The fourth-order valence-corrected chi connectivity index (χ4v) is 14.0. The normalized spacial score (nSPS) is 41.9. The average molecular weight is 825 g/mol. The molecular formula is C48H72N8O4. The Bertz CT molecular complexity index is 1490. The van der Waals surface area contributed by atoms with E-state index in [0.717, 1.165) is 47.3 Å². The first-order chi connectivity index (χ1) is 29.4. The zero-order valence-corrected chi connectivity index (χ0v) is 35.9. The lowest BCUT2D eigenvalue weighted by Gasteiger charge is -2.35. The molecule has 4 saturated carbocycles. The largest absolute Gasteiger partial charge is 0.497 e. The number of aliphatic carboxylic acids is 1. The molecule has 9 fully saturated rings. The minimum absolute atomic E-state index is 0.420. The van der Waals surface area contributed by atoms with Gasteiger partial charge in [0.1, 0.15) is 17.4 Å². The minimum atomic E-state index is -0.889. The van der Waals surface area contributed by atoms with E-state index in [0.29, 0.717) is 72.0 Å². The Kier molecular flexibility index (Phi) is 12.4. The zero-order chi connectivity index (χ0) is 40.7. The fraction of sp³-hybridized carbons (Fsp3) is 0.729. The van der Waals surface area contributed by atoms with Crippen LogP contribution in [0.4, 0.5) is 0 Å². The van der Waals surface area contributed by atoms with Crippen LogP contribution in [0.3, 0.4) is 0 Å². The summed E-state index contributed by atoms with van der Waals surface area (Å²) < 4.78 is 10.2. The first-order valence-corrected chi connectivity index (χ1v) is 24.0. The van der Waals surface area contributed by atoms with Crippen LogP contribution in [-0.2, 0) is 4.79 Å². The van der Waals surface area contributed by atoms with Gasteiger partial charge in [-0.15, -0.1) is 0 Å². The third-order valence-electron chi connectivity index (χ3n) is 16.9. The molecule has 5 aliphatic heterocycles. The van der Waals surface area contributed by atoms with Gasteiger partial charge in [0.15, 0.2) is 0 Å². The molecule has 60 heavy (non-hydrogen) atoms. The molecule has 2 aromatic rings. The first kappa shape index (κ1) is 41.2. The van der Waals surface area contributed by atoms with E-state index < -0.39 is 11.9 Å². The van der Waals surface area contributed by atoms with Crippen LogP contribution in [0.1, 0.15) is 120 Å². The summed E-state index contributed by atoms with van der Waals surface area (Å²) in [6, 6.07) is 14.1. The number of ether oxygens (including phenoxy) is 2. The van der Waals surface area contributed by atoms with E-state index >= 15 is 0 Å². The van der Waals surface area contributed by atoms with Crippen LogP contribution in [0.15, 0.2) is 48.5 Å². The lowest BCUT2D eigenvalue weighted by atomic mass is 9.76. The van der Waals surface area contributed by atoms with E-state index in [2.05, 4.69) is 42.5 Å². The highest BCUT2D eigenvalue weighted by molar-refractivity contribution is 5.80. The summed E-state index contributed by atoms with van der Waals surface area (Å²) in [5.74, 6) is 5.78. The van der Waals surface area contributed by atoms with Gasteiger partial charge in [-0.1, -0.05) is 75.6 Å². The van der Waals surface area contributed by atoms with Crippen LogP contribution >= 0.6 is 0 Å². The van der Waals surface area contributed by atoms with Crippen molar-refractivity contribution in [3.63, 3.8) is 0 Å². The number of rotatable bonds is 5. The number of hydrogen-bond acceptors (Lipinski definition) is 11. The second kappa shape index (κ2) is 18.1. The van der Waals surface area contributed by atoms with E-state index in [1.165, 1.54) is 103 Å². The first-order valence-electron chi connectivity index (χ1n) is 24.0. The highest BCUT2D eigenvalue weighted by Gasteiger charge is 2.54. The second-order valence-corrected chi connectivity index (χ2v) is 19.9. The van der Waals surface area contributed by atoms with Crippen molar-refractivity contribution >= 4 is 5.97 Å². The Morgan fingerprint density at radius 3 is 0.783 bits per heavy atom. The van der Waals surface area contributed by atoms with Gasteiger partial charge in [-0.05, 0) is 134 Å². The Morgan fingerprint density at radius 2 is 0.617 bits per heavy atom. The maximum atomic E-state index is 11.5. The number of fused-ring (bicyclic) bond motifs is 20. The van der Waals surface area contributed by atoms with E-state index in [4.69, 9.17) is 9.47 Å². The molecule has 11 rings (SSSR count). The SMILES string of the molecule is C1CCC2C3NC(NC4NC(NC5NC(NC6NC(N3)C3CCCCC63)C3CCCCC53)C3CCCCC43)C2C1.COc1ccc(C(C(=O)O)c2ccc(OC)cc2)cc1. The van der Waals surface area contributed by atoms with E-state index in [1.807, 2.05) is 0 Å². The summed E-state index contributed by atoms with van der Waals surface area (Å²) in [6.07, 6.45) is 25.6. The molecule has 5 saturated heterocycles. The molecule has 12 nitrogen and oxygen atoms in total. The summed E-state index contributed by atoms with van der Waals surface area (Å²) in [5, 5.41) is 43.3. The molecule has 8 atom stereocenters.